The zero-order valence-corrected chi connectivity index (χ0v) is 18.2. The van der Waals surface area contributed by atoms with Gasteiger partial charge < -0.3 is 9.47 Å². The van der Waals surface area contributed by atoms with Crippen LogP contribution in [0.3, 0.4) is 0 Å². The highest BCUT2D eigenvalue weighted by Gasteiger charge is 2.43. The van der Waals surface area contributed by atoms with Crippen LogP contribution in [-0.4, -0.2) is 42.8 Å². The first-order valence-electron chi connectivity index (χ1n) is 10.9. The van der Waals surface area contributed by atoms with E-state index in [1.807, 2.05) is 6.07 Å². The number of carbonyl (C=O) groups excluding carboxylic acids is 2. The maximum atomic E-state index is 13.1. The number of likely N-dealkylation sites (tertiary alicyclic amines) is 1. The molecular weight excluding hydrogens is 366 g/mol. The fourth-order valence-electron chi connectivity index (χ4n) is 5.09. The molecule has 5 nitrogen and oxygen atoms in total. The molecule has 2 fully saturated rings. The Morgan fingerprint density at radius 1 is 1.07 bits per heavy atom. The van der Waals surface area contributed by atoms with Gasteiger partial charge in [0.1, 0.15) is 12.1 Å². The molecule has 4 atom stereocenters. The van der Waals surface area contributed by atoms with E-state index in [0.29, 0.717) is 18.9 Å². The summed E-state index contributed by atoms with van der Waals surface area (Å²) in [6, 6.07) is 9.96. The number of piperidine rings is 1. The smallest absolute Gasteiger partial charge is 0.410 e. The molecule has 5 heteroatoms. The average molecular weight is 402 g/mol. The molecule has 0 radical (unpaired) electrons. The molecule has 0 bridgehead atoms. The lowest BCUT2D eigenvalue weighted by Crippen LogP contribution is -2.51. The number of esters is 1. The molecule has 1 aromatic carbocycles. The third-order valence-electron chi connectivity index (χ3n) is 6.96. The molecule has 3 rings (SSSR count). The van der Waals surface area contributed by atoms with Gasteiger partial charge in [-0.15, -0.1) is 0 Å². The van der Waals surface area contributed by atoms with Crippen molar-refractivity contribution < 1.29 is 19.1 Å². The van der Waals surface area contributed by atoms with E-state index in [9.17, 15) is 9.59 Å². The van der Waals surface area contributed by atoms with Crippen LogP contribution in [0.1, 0.15) is 64.9 Å². The van der Waals surface area contributed by atoms with Crippen LogP contribution >= 0.6 is 0 Å². The first-order valence-corrected chi connectivity index (χ1v) is 10.9. The van der Waals surface area contributed by atoms with Gasteiger partial charge >= 0.3 is 12.1 Å². The normalized spacial score (nSPS) is 27.9. The molecule has 1 amide bonds. The van der Waals surface area contributed by atoms with E-state index in [1.165, 1.54) is 12.7 Å². The SMILES string of the molecule is COC(=O)[C@@H]1CCCCN1C(=O)O[C@@H]1C[C@H](C)CC[C@H]1C(C)(C)c1ccccc1. The van der Waals surface area contributed by atoms with Gasteiger partial charge in [-0.25, -0.2) is 9.59 Å². The summed E-state index contributed by atoms with van der Waals surface area (Å²) in [7, 11) is 1.38. The predicted octanol–water partition coefficient (Wildman–Crippen LogP) is 4.93. The topological polar surface area (TPSA) is 55.8 Å². The monoisotopic (exact) mass is 401 g/mol. The van der Waals surface area contributed by atoms with Gasteiger partial charge in [-0.2, -0.15) is 0 Å². The van der Waals surface area contributed by atoms with E-state index in [2.05, 4.69) is 45.0 Å². The van der Waals surface area contributed by atoms with Crippen molar-refractivity contribution in [2.75, 3.05) is 13.7 Å². The molecule has 29 heavy (non-hydrogen) atoms. The molecule has 1 aliphatic carbocycles. The second-order valence-electron chi connectivity index (χ2n) is 9.26. The Morgan fingerprint density at radius 3 is 2.48 bits per heavy atom. The molecule has 0 aromatic heterocycles. The lowest BCUT2D eigenvalue weighted by molar-refractivity contribution is -0.148. The maximum absolute atomic E-state index is 13.1. The zero-order valence-electron chi connectivity index (χ0n) is 18.2. The summed E-state index contributed by atoms with van der Waals surface area (Å²) in [6.45, 7) is 7.28. The molecule has 1 aliphatic heterocycles. The Hall–Kier alpha value is -2.04. The van der Waals surface area contributed by atoms with Crippen LogP contribution in [-0.2, 0) is 19.7 Å². The average Bonchev–Trinajstić information content (AvgIpc) is 2.73. The number of ether oxygens (including phenoxy) is 2. The molecule has 2 aliphatic rings. The van der Waals surface area contributed by atoms with Crippen molar-refractivity contribution in [2.24, 2.45) is 11.8 Å². The second kappa shape index (κ2) is 9.19. The van der Waals surface area contributed by atoms with E-state index >= 15 is 0 Å². The van der Waals surface area contributed by atoms with Gasteiger partial charge in [0.05, 0.1) is 7.11 Å². The minimum Gasteiger partial charge on any atom is -0.467 e. The van der Waals surface area contributed by atoms with Crippen LogP contribution in [0.5, 0.6) is 0 Å². The predicted molar refractivity (Wildman–Crippen MR) is 113 cm³/mol. The van der Waals surface area contributed by atoms with Crippen molar-refractivity contribution >= 4 is 12.1 Å². The zero-order chi connectivity index (χ0) is 21.0. The van der Waals surface area contributed by atoms with Crippen molar-refractivity contribution in [1.29, 1.82) is 0 Å². The maximum Gasteiger partial charge on any atom is 0.410 e. The van der Waals surface area contributed by atoms with Gasteiger partial charge in [0.2, 0.25) is 0 Å². The number of nitrogens with zero attached hydrogens (tertiary/aromatic N) is 1. The Morgan fingerprint density at radius 2 is 1.79 bits per heavy atom. The van der Waals surface area contributed by atoms with Crippen LogP contribution < -0.4 is 0 Å². The number of carbonyl (C=O) groups is 2. The second-order valence-corrected chi connectivity index (χ2v) is 9.26. The summed E-state index contributed by atoms with van der Waals surface area (Å²) in [5, 5.41) is 0. The van der Waals surface area contributed by atoms with Crippen molar-refractivity contribution in [2.45, 2.75) is 76.9 Å². The van der Waals surface area contributed by atoms with Crippen LogP contribution in [0.4, 0.5) is 4.79 Å². The summed E-state index contributed by atoms with van der Waals surface area (Å²) in [5.74, 6) is 0.416. The van der Waals surface area contributed by atoms with Gasteiger partial charge in [0.15, 0.2) is 0 Å². The van der Waals surface area contributed by atoms with Crippen LogP contribution in [0.25, 0.3) is 0 Å². The molecular formula is C24H35NO4. The number of hydrogen-bond acceptors (Lipinski definition) is 4. The quantitative estimate of drug-likeness (QED) is 0.671. The minimum absolute atomic E-state index is 0.101. The van der Waals surface area contributed by atoms with Gasteiger partial charge in [0, 0.05) is 12.5 Å². The van der Waals surface area contributed by atoms with Gasteiger partial charge in [-0.3, -0.25) is 4.90 Å². The molecule has 160 valence electrons. The summed E-state index contributed by atoms with van der Waals surface area (Å²) in [6.07, 6.45) is 4.97. The lowest BCUT2D eigenvalue weighted by Gasteiger charge is -2.45. The minimum atomic E-state index is -0.525. The van der Waals surface area contributed by atoms with E-state index in [1.54, 1.807) is 4.90 Å². The molecule has 0 spiro atoms. The van der Waals surface area contributed by atoms with Crippen molar-refractivity contribution in [1.82, 2.24) is 4.90 Å². The standard InChI is InChI=1S/C24H35NO4/c1-17-13-14-19(24(2,3)18-10-6-5-7-11-18)21(16-17)29-23(27)25-15-9-8-12-20(25)22(26)28-4/h5-7,10-11,17,19-21H,8-9,12-16H2,1-4H3/t17-,19-,20+,21-/m1/s1. The van der Waals surface area contributed by atoms with Gasteiger partial charge in [0.25, 0.3) is 0 Å². The Labute approximate surface area is 174 Å². The molecule has 0 N–H and O–H groups in total. The lowest BCUT2D eigenvalue weighted by atomic mass is 9.64. The van der Waals surface area contributed by atoms with Crippen LogP contribution in [0.2, 0.25) is 0 Å². The van der Waals surface area contributed by atoms with Crippen molar-refractivity contribution in [3.63, 3.8) is 0 Å². The molecule has 1 aromatic rings. The number of benzene rings is 1. The molecule has 1 saturated carbocycles. The Bertz CT molecular complexity index is 702. The third-order valence-corrected chi connectivity index (χ3v) is 6.96. The van der Waals surface area contributed by atoms with E-state index in [-0.39, 0.29) is 29.5 Å². The van der Waals surface area contributed by atoms with E-state index in [4.69, 9.17) is 9.47 Å². The van der Waals surface area contributed by atoms with E-state index < -0.39 is 6.04 Å². The fourth-order valence-corrected chi connectivity index (χ4v) is 5.09. The third kappa shape index (κ3) is 4.76. The number of methoxy groups -OCH3 is 1. The summed E-state index contributed by atoms with van der Waals surface area (Å²) >= 11 is 0. The van der Waals surface area contributed by atoms with E-state index in [0.717, 1.165) is 32.1 Å². The van der Waals surface area contributed by atoms with Crippen LogP contribution in [0, 0.1) is 11.8 Å². The van der Waals surface area contributed by atoms with Gasteiger partial charge in [-0.05, 0) is 49.0 Å². The van der Waals surface area contributed by atoms with Gasteiger partial charge in [-0.1, -0.05) is 57.5 Å². The molecule has 1 saturated heterocycles. The first kappa shape index (κ1) is 21.7. The van der Waals surface area contributed by atoms with Crippen LogP contribution in [0.15, 0.2) is 30.3 Å². The highest BCUT2D eigenvalue weighted by atomic mass is 16.6. The number of hydrogen-bond donors (Lipinski definition) is 0. The number of amides is 1. The highest BCUT2D eigenvalue weighted by molar-refractivity contribution is 5.81. The molecule has 0 unspecified atom stereocenters. The Balaban J connectivity index is 1.78. The fraction of sp³-hybridized carbons (Fsp3) is 0.667. The van der Waals surface area contributed by atoms with Crippen molar-refractivity contribution in [3.05, 3.63) is 35.9 Å². The largest absolute Gasteiger partial charge is 0.467 e. The summed E-state index contributed by atoms with van der Waals surface area (Å²) in [4.78, 5) is 26.9. The summed E-state index contributed by atoms with van der Waals surface area (Å²) in [5.41, 5.74) is 1.17. The number of rotatable bonds is 4. The first-order chi connectivity index (χ1) is 13.8. The molecule has 1 heterocycles. The van der Waals surface area contributed by atoms with Crippen molar-refractivity contribution in [3.8, 4) is 0 Å². The summed E-state index contributed by atoms with van der Waals surface area (Å²) < 4.78 is 11.0. The highest BCUT2D eigenvalue weighted by Crippen LogP contribution is 2.43. The Kier molecular flexibility index (Phi) is 6.86.